The number of para-hydroxylation sites is 2. The van der Waals surface area contributed by atoms with E-state index in [-0.39, 0.29) is 5.91 Å². The minimum Gasteiger partial charge on any atom is -0.341 e. The number of imidazole rings is 1. The van der Waals surface area contributed by atoms with Gasteiger partial charge >= 0.3 is 0 Å². The van der Waals surface area contributed by atoms with Crippen LogP contribution in [0.15, 0.2) is 24.3 Å². The van der Waals surface area contributed by atoms with Crippen molar-refractivity contribution < 1.29 is 4.79 Å². The predicted octanol–water partition coefficient (Wildman–Crippen LogP) is 4.34. The van der Waals surface area contributed by atoms with Gasteiger partial charge in [-0.25, -0.2) is 4.98 Å². The van der Waals surface area contributed by atoms with Gasteiger partial charge in [-0.05, 0) is 43.7 Å². The van der Waals surface area contributed by atoms with Crippen molar-refractivity contribution in [3.63, 3.8) is 0 Å². The van der Waals surface area contributed by atoms with Crippen LogP contribution in [0.2, 0.25) is 0 Å². The van der Waals surface area contributed by atoms with E-state index in [1.165, 1.54) is 32.1 Å². The van der Waals surface area contributed by atoms with Crippen LogP contribution in [-0.4, -0.2) is 33.4 Å². The van der Waals surface area contributed by atoms with Gasteiger partial charge in [0.15, 0.2) is 0 Å². The summed E-state index contributed by atoms with van der Waals surface area (Å²) in [5.41, 5.74) is 2.14. The lowest BCUT2D eigenvalue weighted by Crippen LogP contribution is -2.40. The number of hydrogen-bond donors (Lipinski definition) is 0. The van der Waals surface area contributed by atoms with Crippen LogP contribution < -0.4 is 0 Å². The van der Waals surface area contributed by atoms with Crippen molar-refractivity contribution in [3.8, 4) is 0 Å². The highest BCUT2D eigenvalue weighted by molar-refractivity contribution is 5.81. The molecule has 1 aliphatic carbocycles. The second-order valence-electron chi connectivity index (χ2n) is 7.94. The van der Waals surface area contributed by atoms with Gasteiger partial charge in [-0.1, -0.05) is 38.3 Å². The van der Waals surface area contributed by atoms with Crippen molar-refractivity contribution in [2.24, 2.45) is 5.92 Å². The molecule has 4 rings (SSSR count). The van der Waals surface area contributed by atoms with E-state index in [0.29, 0.717) is 12.5 Å². The van der Waals surface area contributed by atoms with E-state index in [9.17, 15) is 4.79 Å². The largest absolute Gasteiger partial charge is 0.341 e. The summed E-state index contributed by atoms with van der Waals surface area (Å²) in [5.74, 6) is 2.65. The Balaban J connectivity index is 1.61. The van der Waals surface area contributed by atoms with Crippen LogP contribution in [0.1, 0.15) is 63.6 Å². The summed E-state index contributed by atoms with van der Waals surface area (Å²) in [6.45, 7) is 4.55. The van der Waals surface area contributed by atoms with Crippen molar-refractivity contribution >= 4 is 16.9 Å². The summed E-state index contributed by atoms with van der Waals surface area (Å²) in [4.78, 5) is 19.9. The van der Waals surface area contributed by atoms with Gasteiger partial charge in [0.05, 0.1) is 11.0 Å². The topological polar surface area (TPSA) is 38.1 Å². The Kier molecular flexibility index (Phi) is 4.78. The fourth-order valence-electron chi connectivity index (χ4n) is 4.43. The van der Waals surface area contributed by atoms with Gasteiger partial charge in [-0.2, -0.15) is 0 Å². The molecule has 2 aliphatic rings. The van der Waals surface area contributed by atoms with Gasteiger partial charge in [0.2, 0.25) is 5.91 Å². The molecule has 0 bridgehead atoms. The Labute approximate surface area is 150 Å². The number of likely N-dealkylation sites (tertiary alicyclic amines) is 1. The number of carbonyl (C=O) groups excluding carboxylic acids is 1. The lowest BCUT2D eigenvalue weighted by Gasteiger charge is -2.31. The standard InChI is InChI=1S/C21H29N3O/c1-16-11-13-23(14-12-16)20(25)15-24-19-10-6-5-9-18(19)22-21(24)17-7-3-2-4-8-17/h5-6,9-10,16-17H,2-4,7-8,11-15H2,1H3. The summed E-state index contributed by atoms with van der Waals surface area (Å²) in [6, 6.07) is 8.28. The molecular formula is C21H29N3O. The van der Waals surface area contributed by atoms with Gasteiger partial charge in [-0.15, -0.1) is 0 Å². The second kappa shape index (κ2) is 7.19. The Morgan fingerprint density at radius 3 is 2.56 bits per heavy atom. The lowest BCUT2D eigenvalue weighted by molar-refractivity contribution is -0.133. The zero-order valence-corrected chi connectivity index (χ0v) is 15.3. The zero-order chi connectivity index (χ0) is 17.2. The molecule has 2 heterocycles. The molecule has 0 radical (unpaired) electrons. The minimum atomic E-state index is 0.257. The third-order valence-corrected chi connectivity index (χ3v) is 6.08. The number of hydrogen-bond acceptors (Lipinski definition) is 2. The third kappa shape index (κ3) is 3.44. The number of aromatic nitrogens is 2. The molecule has 134 valence electrons. The van der Waals surface area contributed by atoms with E-state index >= 15 is 0 Å². The number of benzene rings is 1. The van der Waals surface area contributed by atoms with E-state index in [0.717, 1.165) is 48.7 Å². The minimum absolute atomic E-state index is 0.257. The molecular weight excluding hydrogens is 310 g/mol. The van der Waals surface area contributed by atoms with Crippen molar-refractivity contribution in [1.29, 1.82) is 0 Å². The van der Waals surface area contributed by atoms with Crippen molar-refractivity contribution in [2.45, 2.75) is 64.3 Å². The molecule has 0 spiro atoms. The number of rotatable bonds is 3. The van der Waals surface area contributed by atoms with E-state index < -0.39 is 0 Å². The maximum Gasteiger partial charge on any atom is 0.242 e. The number of piperidine rings is 1. The number of amides is 1. The van der Waals surface area contributed by atoms with Gasteiger partial charge in [-0.3, -0.25) is 4.79 Å². The average Bonchev–Trinajstić information content (AvgIpc) is 3.02. The monoisotopic (exact) mass is 339 g/mol. The number of carbonyl (C=O) groups is 1. The highest BCUT2D eigenvalue weighted by atomic mass is 16.2. The van der Waals surface area contributed by atoms with Crippen LogP contribution >= 0.6 is 0 Å². The molecule has 0 unspecified atom stereocenters. The van der Waals surface area contributed by atoms with Crippen LogP contribution in [-0.2, 0) is 11.3 Å². The molecule has 2 fully saturated rings. The summed E-state index contributed by atoms with van der Waals surface area (Å²) < 4.78 is 2.21. The van der Waals surface area contributed by atoms with Crippen LogP contribution in [0.25, 0.3) is 11.0 Å². The smallest absolute Gasteiger partial charge is 0.242 e. The van der Waals surface area contributed by atoms with Crippen molar-refractivity contribution in [1.82, 2.24) is 14.5 Å². The third-order valence-electron chi connectivity index (χ3n) is 6.08. The number of nitrogens with zero attached hydrogens (tertiary/aromatic N) is 3. The van der Waals surface area contributed by atoms with E-state index in [1.807, 2.05) is 6.07 Å². The molecule has 1 saturated heterocycles. The average molecular weight is 339 g/mol. The molecule has 4 heteroatoms. The van der Waals surface area contributed by atoms with E-state index in [4.69, 9.17) is 4.98 Å². The van der Waals surface area contributed by atoms with E-state index in [1.54, 1.807) is 0 Å². The van der Waals surface area contributed by atoms with Gasteiger partial charge in [0.1, 0.15) is 12.4 Å². The van der Waals surface area contributed by atoms with Crippen LogP contribution in [0.4, 0.5) is 0 Å². The second-order valence-corrected chi connectivity index (χ2v) is 7.94. The maximum atomic E-state index is 12.9. The molecule has 1 aromatic heterocycles. The lowest BCUT2D eigenvalue weighted by atomic mass is 9.88. The van der Waals surface area contributed by atoms with Crippen LogP contribution in [0.5, 0.6) is 0 Å². The predicted molar refractivity (Wildman–Crippen MR) is 101 cm³/mol. The normalized spacial score (nSPS) is 20.3. The highest BCUT2D eigenvalue weighted by Gasteiger charge is 2.26. The van der Waals surface area contributed by atoms with Crippen molar-refractivity contribution in [2.75, 3.05) is 13.1 Å². The summed E-state index contributed by atoms with van der Waals surface area (Å²) >= 11 is 0. The molecule has 1 amide bonds. The molecule has 1 aromatic carbocycles. The quantitative estimate of drug-likeness (QED) is 0.834. The molecule has 25 heavy (non-hydrogen) atoms. The first-order valence-corrected chi connectivity index (χ1v) is 9.95. The van der Waals surface area contributed by atoms with Crippen LogP contribution in [0.3, 0.4) is 0 Å². The first-order valence-electron chi connectivity index (χ1n) is 9.95. The first kappa shape index (κ1) is 16.6. The van der Waals surface area contributed by atoms with Gasteiger partial charge in [0, 0.05) is 19.0 Å². The molecule has 0 atom stereocenters. The molecule has 1 aliphatic heterocycles. The summed E-state index contributed by atoms with van der Waals surface area (Å²) in [5, 5.41) is 0. The molecule has 0 N–H and O–H groups in total. The zero-order valence-electron chi connectivity index (χ0n) is 15.3. The number of fused-ring (bicyclic) bond motifs is 1. The van der Waals surface area contributed by atoms with Gasteiger partial charge in [0.25, 0.3) is 0 Å². The summed E-state index contributed by atoms with van der Waals surface area (Å²) in [7, 11) is 0. The molecule has 2 aromatic rings. The van der Waals surface area contributed by atoms with E-state index in [2.05, 4.69) is 34.6 Å². The highest BCUT2D eigenvalue weighted by Crippen LogP contribution is 2.34. The molecule has 1 saturated carbocycles. The first-order chi connectivity index (χ1) is 12.2. The Morgan fingerprint density at radius 1 is 1.08 bits per heavy atom. The maximum absolute atomic E-state index is 12.9. The summed E-state index contributed by atoms with van der Waals surface area (Å²) in [6.07, 6.45) is 8.58. The van der Waals surface area contributed by atoms with Gasteiger partial charge < -0.3 is 9.47 Å². The Hall–Kier alpha value is -1.84. The van der Waals surface area contributed by atoms with Crippen LogP contribution in [0, 0.1) is 5.92 Å². The Bertz CT molecular complexity index is 737. The van der Waals surface area contributed by atoms with Crippen molar-refractivity contribution in [3.05, 3.63) is 30.1 Å². The SMILES string of the molecule is CC1CCN(C(=O)Cn2c(C3CCCCC3)nc3ccccc32)CC1. The Morgan fingerprint density at radius 2 is 1.80 bits per heavy atom. The molecule has 4 nitrogen and oxygen atoms in total. The fourth-order valence-corrected chi connectivity index (χ4v) is 4.43. The fraction of sp³-hybridized carbons (Fsp3) is 0.619.